The zero-order valence-corrected chi connectivity index (χ0v) is 11.9. The van der Waals surface area contributed by atoms with E-state index in [4.69, 9.17) is 4.52 Å². The summed E-state index contributed by atoms with van der Waals surface area (Å²) >= 11 is 0. The van der Waals surface area contributed by atoms with Gasteiger partial charge in [-0.3, -0.25) is 0 Å². The van der Waals surface area contributed by atoms with Crippen LogP contribution in [0.4, 0.5) is 0 Å². The normalized spacial score (nSPS) is 23.4. The summed E-state index contributed by atoms with van der Waals surface area (Å²) in [6.45, 7) is 6.45. The minimum Gasteiger partial charge on any atom is -0.334 e. The second kappa shape index (κ2) is 4.16. The standard InChI is InChI=1S/C16H19N3O/c1-16(2)8-13(16)14-18-15(20-19-14)12-5-3-4-10-9-17-7-6-11(10)12/h3-5,13,17H,6-9H2,1-2H3. The number of nitrogens with zero attached hydrogens (tertiary/aromatic N) is 2. The lowest BCUT2D eigenvalue weighted by atomic mass is 9.95. The Morgan fingerprint density at radius 3 is 3.00 bits per heavy atom. The average Bonchev–Trinajstić information content (AvgIpc) is 2.89. The molecule has 1 aromatic carbocycles. The highest BCUT2D eigenvalue weighted by Crippen LogP contribution is 2.57. The molecule has 4 heteroatoms. The van der Waals surface area contributed by atoms with Crippen LogP contribution in [-0.2, 0) is 13.0 Å². The highest BCUT2D eigenvalue weighted by molar-refractivity contribution is 5.61. The number of benzene rings is 1. The fraction of sp³-hybridized carbons (Fsp3) is 0.500. The molecule has 104 valence electrons. The van der Waals surface area contributed by atoms with Gasteiger partial charge in [-0.05, 0) is 42.0 Å². The molecule has 0 bridgehead atoms. The number of nitrogens with one attached hydrogen (secondary N) is 1. The van der Waals surface area contributed by atoms with E-state index < -0.39 is 0 Å². The first-order valence-electron chi connectivity index (χ1n) is 7.30. The average molecular weight is 269 g/mol. The van der Waals surface area contributed by atoms with Crippen molar-refractivity contribution in [3.8, 4) is 11.5 Å². The number of hydrogen-bond donors (Lipinski definition) is 1. The smallest absolute Gasteiger partial charge is 0.258 e. The van der Waals surface area contributed by atoms with E-state index in [2.05, 4.69) is 47.5 Å². The molecule has 2 aliphatic rings. The summed E-state index contributed by atoms with van der Waals surface area (Å²) < 4.78 is 5.53. The Bertz CT molecular complexity index is 659. The van der Waals surface area contributed by atoms with Crippen molar-refractivity contribution in [2.24, 2.45) is 5.41 Å². The Hall–Kier alpha value is -1.68. The van der Waals surface area contributed by atoms with E-state index in [1.165, 1.54) is 11.1 Å². The molecular formula is C16H19N3O. The molecule has 20 heavy (non-hydrogen) atoms. The van der Waals surface area contributed by atoms with Crippen LogP contribution < -0.4 is 5.32 Å². The maximum absolute atomic E-state index is 5.53. The van der Waals surface area contributed by atoms with Crippen LogP contribution >= 0.6 is 0 Å². The van der Waals surface area contributed by atoms with Crippen molar-refractivity contribution < 1.29 is 4.52 Å². The maximum atomic E-state index is 5.53. The molecule has 0 saturated heterocycles. The number of hydrogen-bond acceptors (Lipinski definition) is 4. The molecule has 1 saturated carbocycles. The molecule has 2 heterocycles. The SMILES string of the molecule is CC1(C)CC1c1noc(-c2cccc3c2CCNC3)n1. The molecule has 1 fully saturated rings. The van der Waals surface area contributed by atoms with Crippen LogP contribution in [0.5, 0.6) is 0 Å². The molecule has 2 aromatic rings. The Labute approximate surface area is 118 Å². The molecule has 1 aromatic heterocycles. The summed E-state index contributed by atoms with van der Waals surface area (Å²) in [6.07, 6.45) is 2.18. The molecule has 0 amide bonds. The largest absolute Gasteiger partial charge is 0.334 e. The van der Waals surface area contributed by atoms with Gasteiger partial charge in [0.25, 0.3) is 5.89 Å². The molecule has 1 aliphatic carbocycles. The van der Waals surface area contributed by atoms with Gasteiger partial charge in [-0.15, -0.1) is 0 Å². The maximum Gasteiger partial charge on any atom is 0.258 e. The highest BCUT2D eigenvalue weighted by atomic mass is 16.5. The first-order valence-corrected chi connectivity index (χ1v) is 7.30. The first-order chi connectivity index (χ1) is 9.65. The summed E-state index contributed by atoms with van der Waals surface area (Å²) in [5, 5.41) is 7.59. The van der Waals surface area contributed by atoms with Crippen LogP contribution in [0.1, 0.15) is 43.1 Å². The second-order valence-electron chi connectivity index (χ2n) is 6.57. The lowest BCUT2D eigenvalue weighted by Crippen LogP contribution is -2.24. The summed E-state index contributed by atoms with van der Waals surface area (Å²) in [7, 11) is 0. The van der Waals surface area contributed by atoms with E-state index in [0.29, 0.717) is 17.2 Å². The van der Waals surface area contributed by atoms with Gasteiger partial charge in [0.05, 0.1) is 0 Å². The van der Waals surface area contributed by atoms with Gasteiger partial charge in [0.2, 0.25) is 0 Å². The molecule has 1 N–H and O–H groups in total. The number of rotatable bonds is 2. The lowest BCUT2D eigenvalue weighted by molar-refractivity contribution is 0.418. The van der Waals surface area contributed by atoms with Crippen LogP contribution in [-0.4, -0.2) is 16.7 Å². The van der Waals surface area contributed by atoms with Gasteiger partial charge in [-0.1, -0.05) is 31.1 Å². The van der Waals surface area contributed by atoms with E-state index in [9.17, 15) is 0 Å². The second-order valence-corrected chi connectivity index (χ2v) is 6.57. The summed E-state index contributed by atoms with van der Waals surface area (Å²) in [5.41, 5.74) is 4.15. The fourth-order valence-corrected chi connectivity index (χ4v) is 3.13. The Kier molecular flexibility index (Phi) is 2.51. The molecule has 4 rings (SSSR count). The molecule has 0 spiro atoms. The monoisotopic (exact) mass is 269 g/mol. The fourth-order valence-electron chi connectivity index (χ4n) is 3.13. The van der Waals surface area contributed by atoms with Crippen molar-refractivity contribution in [3.05, 3.63) is 35.2 Å². The first kappa shape index (κ1) is 12.1. The van der Waals surface area contributed by atoms with Gasteiger partial charge in [0, 0.05) is 18.0 Å². The van der Waals surface area contributed by atoms with Crippen LogP contribution in [0.15, 0.2) is 22.7 Å². The minimum absolute atomic E-state index is 0.335. The Morgan fingerprint density at radius 2 is 2.20 bits per heavy atom. The molecule has 1 aliphatic heterocycles. The van der Waals surface area contributed by atoms with Crippen LogP contribution in [0.2, 0.25) is 0 Å². The summed E-state index contributed by atoms with van der Waals surface area (Å²) in [5.74, 6) is 2.01. The number of aromatic nitrogens is 2. The van der Waals surface area contributed by atoms with Gasteiger partial charge < -0.3 is 9.84 Å². The Balaban J connectivity index is 1.72. The van der Waals surface area contributed by atoms with E-state index in [0.717, 1.165) is 37.3 Å². The zero-order valence-electron chi connectivity index (χ0n) is 11.9. The topological polar surface area (TPSA) is 51.0 Å². The van der Waals surface area contributed by atoms with E-state index >= 15 is 0 Å². The molecule has 4 nitrogen and oxygen atoms in total. The van der Waals surface area contributed by atoms with Gasteiger partial charge in [0.15, 0.2) is 5.82 Å². The van der Waals surface area contributed by atoms with Gasteiger partial charge in [0.1, 0.15) is 0 Å². The van der Waals surface area contributed by atoms with Crippen molar-refractivity contribution in [2.45, 2.75) is 39.2 Å². The van der Waals surface area contributed by atoms with Crippen molar-refractivity contribution >= 4 is 0 Å². The summed E-state index contributed by atoms with van der Waals surface area (Å²) in [4.78, 5) is 4.65. The lowest BCUT2D eigenvalue weighted by Gasteiger charge is -2.18. The minimum atomic E-state index is 0.335. The molecular weight excluding hydrogens is 250 g/mol. The van der Waals surface area contributed by atoms with Gasteiger partial charge >= 0.3 is 0 Å². The third-order valence-electron chi connectivity index (χ3n) is 4.64. The van der Waals surface area contributed by atoms with E-state index in [1.54, 1.807) is 0 Å². The van der Waals surface area contributed by atoms with Crippen LogP contribution in [0.25, 0.3) is 11.5 Å². The van der Waals surface area contributed by atoms with Gasteiger partial charge in [-0.2, -0.15) is 4.98 Å². The van der Waals surface area contributed by atoms with Gasteiger partial charge in [-0.25, -0.2) is 0 Å². The molecule has 1 unspecified atom stereocenters. The number of fused-ring (bicyclic) bond motifs is 1. The molecule has 1 atom stereocenters. The zero-order chi connectivity index (χ0) is 13.7. The van der Waals surface area contributed by atoms with E-state index in [1.807, 2.05) is 0 Å². The van der Waals surface area contributed by atoms with Crippen LogP contribution in [0.3, 0.4) is 0 Å². The molecule has 0 radical (unpaired) electrons. The predicted octanol–water partition coefficient (Wildman–Crippen LogP) is 2.90. The van der Waals surface area contributed by atoms with Crippen molar-refractivity contribution in [3.63, 3.8) is 0 Å². The Morgan fingerprint density at radius 1 is 1.35 bits per heavy atom. The van der Waals surface area contributed by atoms with E-state index in [-0.39, 0.29) is 0 Å². The third kappa shape index (κ3) is 1.86. The third-order valence-corrected chi connectivity index (χ3v) is 4.64. The van der Waals surface area contributed by atoms with Crippen molar-refractivity contribution in [1.29, 1.82) is 0 Å². The van der Waals surface area contributed by atoms with Crippen molar-refractivity contribution in [1.82, 2.24) is 15.5 Å². The van der Waals surface area contributed by atoms with Crippen molar-refractivity contribution in [2.75, 3.05) is 6.54 Å². The summed E-state index contributed by atoms with van der Waals surface area (Å²) in [6, 6.07) is 6.35. The highest BCUT2D eigenvalue weighted by Gasteiger charge is 2.49. The quantitative estimate of drug-likeness (QED) is 0.910. The van der Waals surface area contributed by atoms with Crippen LogP contribution in [0, 0.1) is 5.41 Å². The predicted molar refractivity (Wildman–Crippen MR) is 76.3 cm³/mol.